The molecule has 1 rings (SSSR count). The van der Waals surface area contributed by atoms with E-state index in [2.05, 4.69) is 5.32 Å². The minimum atomic E-state index is -0.630. The van der Waals surface area contributed by atoms with Crippen molar-refractivity contribution in [1.29, 1.82) is 0 Å². The van der Waals surface area contributed by atoms with E-state index in [4.69, 9.17) is 17.3 Å². The monoisotopic (exact) mass is 258 g/mol. The van der Waals surface area contributed by atoms with Crippen molar-refractivity contribution in [2.24, 2.45) is 11.7 Å². The van der Waals surface area contributed by atoms with Crippen LogP contribution < -0.4 is 11.1 Å². The molecule has 3 nitrogen and oxygen atoms in total. The Morgan fingerprint density at radius 3 is 2.65 bits per heavy atom. The fraction of sp³-hybridized carbons (Fsp3) is 0.417. The first kappa shape index (κ1) is 13.9. The van der Waals surface area contributed by atoms with Gasteiger partial charge in [-0.2, -0.15) is 0 Å². The van der Waals surface area contributed by atoms with Crippen LogP contribution in [0.3, 0.4) is 0 Å². The largest absolute Gasteiger partial charge is 0.348 e. The molecule has 0 aliphatic carbocycles. The molecule has 0 saturated heterocycles. The van der Waals surface area contributed by atoms with E-state index in [1.165, 1.54) is 18.2 Å². The predicted molar refractivity (Wildman–Crippen MR) is 66.6 cm³/mol. The van der Waals surface area contributed by atoms with E-state index in [0.717, 1.165) is 0 Å². The zero-order valence-corrected chi connectivity index (χ0v) is 10.6. The maximum absolute atomic E-state index is 13.5. The summed E-state index contributed by atoms with van der Waals surface area (Å²) in [5.74, 6) is -0.985. The third-order valence-corrected chi connectivity index (χ3v) is 2.88. The lowest BCUT2D eigenvalue weighted by atomic mass is 10.0. The number of rotatable bonds is 4. The summed E-state index contributed by atoms with van der Waals surface area (Å²) in [6.07, 6.45) is 0. The van der Waals surface area contributed by atoms with Crippen molar-refractivity contribution in [3.05, 3.63) is 34.6 Å². The van der Waals surface area contributed by atoms with Gasteiger partial charge in [0.1, 0.15) is 5.82 Å². The summed E-state index contributed by atoms with van der Waals surface area (Å²) in [5, 5.41) is 2.77. The van der Waals surface area contributed by atoms with Crippen molar-refractivity contribution in [3.8, 4) is 0 Å². The van der Waals surface area contributed by atoms with E-state index in [-0.39, 0.29) is 22.5 Å². The van der Waals surface area contributed by atoms with Crippen LogP contribution >= 0.6 is 11.6 Å². The quantitative estimate of drug-likeness (QED) is 0.870. The fourth-order valence-corrected chi connectivity index (χ4v) is 1.70. The van der Waals surface area contributed by atoms with Crippen LogP contribution in [0.15, 0.2) is 18.2 Å². The van der Waals surface area contributed by atoms with Crippen LogP contribution in [0.2, 0.25) is 5.02 Å². The number of halogens is 2. The Balaban J connectivity index is 2.90. The van der Waals surface area contributed by atoms with Gasteiger partial charge < -0.3 is 11.1 Å². The Morgan fingerprint density at radius 2 is 2.18 bits per heavy atom. The van der Waals surface area contributed by atoms with Crippen LogP contribution in [0.25, 0.3) is 0 Å². The summed E-state index contributed by atoms with van der Waals surface area (Å²) in [6, 6.07) is 3.94. The maximum atomic E-state index is 13.5. The van der Waals surface area contributed by atoms with Gasteiger partial charge in [0.05, 0.1) is 10.6 Å². The summed E-state index contributed by atoms with van der Waals surface area (Å²) in [5.41, 5.74) is 5.40. The number of hydrogen-bond donors (Lipinski definition) is 2. The average molecular weight is 259 g/mol. The standard InChI is InChI=1S/C12H16ClFN2O/c1-7(2)10(6-15)16-12(17)11-8(13)4-3-5-9(11)14/h3-5,7,10H,6,15H2,1-2H3,(H,16,17). The molecule has 3 N–H and O–H groups in total. The number of hydrogen-bond acceptors (Lipinski definition) is 2. The summed E-state index contributed by atoms with van der Waals surface area (Å²) >= 11 is 5.80. The first-order chi connectivity index (χ1) is 7.97. The molecule has 0 aliphatic heterocycles. The number of nitrogens with one attached hydrogen (secondary N) is 1. The van der Waals surface area contributed by atoms with Crippen LogP contribution in [0.5, 0.6) is 0 Å². The summed E-state index contributed by atoms with van der Waals surface area (Å²) in [4.78, 5) is 11.9. The van der Waals surface area contributed by atoms with Crippen molar-refractivity contribution in [2.45, 2.75) is 19.9 Å². The van der Waals surface area contributed by atoms with Gasteiger partial charge in [0.2, 0.25) is 0 Å². The highest BCUT2D eigenvalue weighted by Gasteiger charge is 2.20. The predicted octanol–water partition coefficient (Wildman–Crippen LogP) is 2.19. The molecule has 0 aromatic heterocycles. The molecule has 1 amide bonds. The van der Waals surface area contributed by atoms with E-state index in [1.54, 1.807) is 0 Å². The first-order valence-electron chi connectivity index (χ1n) is 5.42. The Morgan fingerprint density at radius 1 is 1.53 bits per heavy atom. The Kier molecular flexibility index (Phi) is 4.90. The molecule has 1 atom stereocenters. The van der Waals surface area contributed by atoms with Crippen molar-refractivity contribution in [1.82, 2.24) is 5.32 Å². The number of benzene rings is 1. The fourth-order valence-electron chi connectivity index (χ4n) is 1.45. The van der Waals surface area contributed by atoms with Gasteiger partial charge in [0.15, 0.2) is 0 Å². The Hall–Kier alpha value is -1.13. The van der Waals surface area contributed by atoms with Gasteiger partial charge in [-0.1, -0.05) is 31.5 Å². The highest BCUT2D eigenvalue weighted by atomic mass is 35.5. The number of amides is 1. The molecule has 0 fully saturated rings. The van der Waals surface area contributed by atoms with Gasteiger partial charge in [-0.3, -0.25) is 4.79 Å². The third-order valence-electron chi connectivity index (χ3n) is 2.56. The van der Waals surface area contributed by atoms with Gasteiger partial charge in [-0.25, -0.2) is 4.39 Å². The van der Waals surface area contributed by atoms with Gasteiger partial charge >= 0.3 is 0 Å². The highest BCUT2D eigenvalue weighted by molar-refractivity contribution is 6.33. The second-order valence-electron chi connectivity index (χ2n) is 4.16. The van der Waals surface area contributed by atoms with Crippen molar-refractivity contribution >= 4 is 17.5 Å². The molecule has 0 heterocycles. The van der Waals surface area contributed by atoms with Crippen molar-refractivity contribution in [3.63, 3.8) is 0 Å². The number of carbonyl (C=O) groups is 1. The summed E-state index contributed by atoms with van der Waals surface area (Å²) in [6.45, 7) is 4.16. The minimum Gasteiger partial charge on any atom is -0.348 e. The molecule has 1 aromatic carbocycles. The zero-order chi connectivity index (χ0) is 13.0. The topological polar surface area (TPSA) is 55.1 Å². The van der Waals surface area contributed by atoms with Crippen LogP contribution in [0, 0.1) is 11.7 Å². The molecule has 1 aromatic rings. The van der Waals surface area contributed by atoms with Crippen LogP contribution in [-0.4, -0.2) is 18.5 Å². The normalized spacial score (nSPS) is 12.6. The van der Waals surface area contributed by atoms with Gasteiger partial charge in [-0.05, 0) is 18.1 Å². The summed E-state index contributed by atoms with van der Waals surface area (Å²) in [7, 11) is 0. The molecule has 0 spiro atoms. The van der Waals surface area contributed by atoms with Gasteiger partial charge in [0.25, 0.3) is 5.91 Å². The number of carbonyl (C=O) groups excluding carboxylic acids is 1. The molecule has 0 radical (unpaired) electrons. The molecule has 0 aliphatic rings. The van der Waals surface area contributed by atoms with Crippen molar-refractivity contribution < 1.29 is 9.18 Å². The molecule has 0 saturated carbocycles. The van der Waals surface area contributed by atoms with E-state index in [9.17, 15) is 9.18 Å². The van der Waals surface area contributed by atoms with Crippen LogP contribution in [0.1, 0.15) is 24.2 Å². The first-order valence-corrected chi connectivity index (χ1v) is 5.80. The SMILES string of the molecule is CC(C)C(CN)NC(=O)c1c(F)cccc1Cl. The molecule has 94 valence electrons. The zero-order valence-electron chi connectivity index (χ0n) is 9.84. The van der Waals surface area contributed by atoms with E-state index < -0.39 is 11.7 Å². The lowest BCUT2D eigenvalue weighted by Gasteiger charge is -2.20. The van der Waals surface area contributed by atoms with Crippen molar-refractivity contribution in [2.75, 3.05) is 6.54 Å². The molecule has 17 heavy (non-hydrogen) atoms. The lowest BCUT2D eigenvalue weighted by molar-refractivity contribution is 0.0924. The maximum Gasteiger partial charge on any atom is 0.256 e. The van der Waals surface area contributed by atoms with Crippen LogP contribution in [0.4, 0.5) is 4.39 Å². The van der Waals surface area contributed by atoms with Gasteiger partial charge in [-0.15, -0.1) is 0 Å². The second-order valence-corrected chi connectivity index (χ2v) is 4.56. The smallest absolute Gasteiger partial charge is 0.256 e. The second kappa shape index (κ2) is 5.98. The molecule has 5 heteroatoms. The third kappa shape index (κ3) is 3.41. The number of nitrogens with two attached hydrogens (primary N) is 1. The molecule has 0 bridgehead atoms. The molecular weight excluding hydrogens is 243 g/mol. The average Bonchev–Trinajstić information content (AvgIpc) is 2.25. The molecular formula is C12H16ClFN2O. The lowest BCUT2D eigenvalue weighted by Crippen LogP contribution is -2.44. The van der Waals surface area contributed by atoms with E-state index in [0.29, 0.717) is 6.54 Å². The molecule has 1 unspecified atom stereocenters. The van der Waals surface area contributed by atoms with Crippen LogP contribution in [-0.2, 0) is 0 Å². The van der Waals surface area contributed by atoms with E-state index >= 15 is 0 Å². The van der Waals surface area contributed by atoms with Gasteiger partial charge in [0, 0.05) is 12.6 Å². The van der Waals surface area contributed by atoms with E-state index in [1.807, 2.05) is 13.8 Å². The highest BCUT2D eigenvalue weighted by Crippen LogP contribution is 2.19. The summed E-state index contributed by atoms with van der Waals surface area (Å²) < 4.78 is 13.5. The minimum absolute atomic E-state index is 0.0991. The Labute approximate surface area is 105 Å². The Bertz CT molecular complexity index is 389.